The van der Waals surface area contributed by atoms with Gasteiger partial charge in [-0.2, -0.15) is 0 Å². The van der Waals surface area contributed by atoms with Crippen LogP contribution < -0.4 is 15.8 Å². The van der Waals surface area contributed by atoms with E-state index in [-0.39, 0.29) is 18.1 Å². The third kappa shape index (κ3) is 4.42. The van der Waals surface area contributed by atoms with Gasteiger partial charge in [0.2, 0.25) is 5.91 Å². The zero-order valence-corrected chi connectivity index (χ0v) is 11.8. The highest BCUT2D eigenvalue weighted by Gasteiger charge is 2.25. The second-order valence-corrected chi connectivity index (χ2v) is 5.10. The molecule has 2 rings (SSSR count). The molecule has 0 heterocycles. The van der Waals surface area contributed by atoms with Crippen molar-refractivity contribution in [3.05, 3.63) is 24.3 Å². The van der Waals surface area contributed by atoms with E-state index in [2.05, 4.69) is 5.32 Å². The van der Waals surface area contributed by atoms with Crippen molar-refractivity contribution in [1.29, 1.82) is 0 Å². The molecule has 20 heavy (non-hydrogen) atoms. The minimum Gasteiger partial charge on any atom is -0.493 e. The lowest BCUT2D eigenvalue weighted by molar-refractivity contribution is -0.122. The SMILES string of the molecule is COC1CCC(NC(=O)CCOc2ccc(N)cc2)C1. The van der Waals surface area contributed by atoms with Crippen LogP contribution in [0, 0.1) is 0 Å². The minimum atomic E-state index is 0.0298. The molecule has 0 aromatic heterocycles. The molecular formula is C15H22N2O3. The molecule has 1 aromatic rings. The van der Waals surface area contributed by atoms with Crippen LogP contribution in [0.2, 0.25) is 0 Å². The lowest BCUT2D eigenvalue weighted by Crippen LogP contribution is -2.34. The summed E-state index contributed by atoms with van der Waals surface area (Å²) in [6, 6.07) is 7.39. The Hall–Kier alpha value is -1.75. The molecule has 5 heteroatoms. The number of benzene rings is 1. The number of hydrogen-bond donors (Lipinski definition) is 2. The van der Waals surface area contributed by atoms with E-state index in [9.17, 15) is 4.79 Å². The Bertz CT molecular complexity index is 433. The Morgan fingerprint density at radius 1 is 1.35 bits per heavy atom. The fourth-order valence-corrected chi connectivity index (χ4v) is 2.41. The third-order valence-electron chi connectivity index (χ3n) is 3.56. The normalized spacial score (nSPS) is 21.6. The summed E-state index contributed by atoms with van der Waals surface area (Å²) < 4.78 is 10.8. The molecule has 1 amide bonds. The number of nitrogens with one attached hydrogen (secondary N) is 1. The van der Waals surface area contributed by atoms with Gasteiger partial charge in [0.05, 0.1) is 19.1 Å². The molecule has 5 nitrogen and oxygen atoms in total. The van der Waals surface area contributed by atoms with Gasteiger partial charge in [-0.05, 0) is 43.5 Å². The topological polar surface area (TPSA) is 73.6 Å². The molecule has 2 atom stereocenters. The van der Waals surface area contributed by atoms with Crippen molar-refractivity contribution in [3.63, 3.8) is 0 Å². The number of methoxy groups -OCH3 is 1. The van der Waals surface area contributed by atoms with Gasteiger partial charge in [-0.15, -0.1) is 0 Å². The first-order valence-electron chi connectivity index (χ1n) is 6.98. The van der Waals surface area contributed by atoms with Gasteiger partial charge < -0.3 is 20.5 Å². The first kappa shape index (κ1) is 14.7. The van der Waals surface area contributed by atoms with E-state index in [0.29, 0.717) is 18.7 Å². The maximum absolute atomic E-state index is 11.8. The van der Waals surface area contributed by atoms with E-state index in [4.69, 9.17) is 15.2 Å². The van der Waals surface area contributed by atoms with E-state index in [1.54, 1.807) is 31.4 Å². The Kier molecular flexibility index (Phi) is 5.24. The van der Waals surface area contributed by atoms with Crippen molar-refractivity contribution in [2.45, 2.75) is 37.8 Å². The molecule has 1 aromatic carbocycles. The van der Waals surface area contributed by atoms with Gasteiger partial charge in [0.25, 0.3) is 0 Å². The van der Waals surface area contributed by atoms with Crippen molar-refractivity contribution in [1.82, 2.24) is 5.32 Å². The lowest BCUT2D eigenvalue weighted by atomic mass is 10.2. The van der Waals surface area contributed by atoms with Gasteiger partial charge in [-0.25, -0.2) is 0 Å². The summed E-state index contributed by atoms with van der Waals surface area (Å²) in [5.41, 5.74) is 6.29. The molecule has 1 saturated carbocycles. The average Bonchev–Trinajstić information content (AvgIpc) is 2.88. The van der Waals surface area contributed by atoms with Crippen molar-refractivity contribution >= 4 is 11.6 Å². The van der Waals surface area contributed by atoms with Gasteiger partial charge in [-0.3, -0.25) is 4.79 Å². The fourth-order valence-electron chi connectivity index (χ4n) is 2.41. The number of carbonyl (C=O) groups excluding carboxylic acids is 1. The van der Waals surface area contributed by atoms with E-state index >= 15 is 0 Å². The Balaban J connectivity index is 1.64. The number of ether oxygens (including phenoxy) is 2. The lowest BCUT2D eigenvalue weighted by Gasteiger charge is -2.13. The van der Waals surface area contributed by atoms with E-state index in [1.165, 1.54) is 0 Å². The van der Waals surface area contributed by atoms with E-state index in [0.717, 1.165) is 25.0 Å². The van der Waals surface area contributed by atoms with Gasteiger partial charge >= 0.3 is 0 Å². The van der Waals surface area contributed by atoms with Crippen LogP contribution in [0.5, 0.6) is 5.75 Å². The fraction of sp³-hybridized carbons (Fsp3) is 0.533. The Morgan fingerprint density at radius 3 is 2.75 bits per heavy atom. The van der Waals surface area contributed by atoms with Crippen molar-refractivity contribution in [2.75, 3.05) is 19.5 Å². The van der Waals surface area contributed by atoms with E-state index < -0.39 is 0 Å². The molecule has 1 aliphatic rings. The number of anilines is 1. The second-order valence-electron chi connectivity index (χ2n) is 5.10. The highest BCUT2D eigenvalue weighted by Crippen LogP contribution is 2.21. The molecule has 0 bridgehead atoms. The van der Waals surface area contributed by atoms with Crippen LogP contribution >= 0.6 is 0 Å². The predicted molar refractivity (Wildman–Crippen MR) is 77.5 cm³/mol. The van der Waals surface area contributed by atoms with Crippen LogP contribution in [-0.2, 0) is 9.53 Å². The molecule has 1 fully saturated rings. The molecular weight excluding hydrogens is 256 g/mol. The number of amides is 1. The number of nitrogens with two attached hydrogens (primary N) is 1. The van der Waals surface area contributed by atoms with E-state index in [1.807, 2.05) is 0 Å². The quantitative estimate of drug-likeness (QED) is 0.777. The van der Waals surface area contributed by atoms with Crippen LogP contribution in [0.25, 0.3) is 0 Å². The monoisotopic (exact) mass is 278 g/mol. The van der Waals surface area contributed by atoms with Gasteiger partial charge in [0.1, 0.15) is 5.75 Å². The summed E-state index contributed by atoms with van der Waals surface area (Å²) in [6.45, 7) is 0.371. The van der Waals surface area contributed by atoms with Crippen LogP contribution in [0.3, 0.4) is 0 Å². The molecule has 0 radical (unpaired) electrons. The standard InChI is InChI=1S/C15H22N2O3/c1-19-14-7-4-12(10-14)17-15(18)8-9-20-13-5-2-11(16)3-6-13/h2-3,5-6,12,14H,4,7-10,16H2,1H3,(H,17,18). The molecule has 110 valence electrons. The van der Waals surface area contributed by atoms with Crippen molar-refractivity contribution in [3.8, 4) is 5.75 Å². The summed E-state index contributed by atoms with van der Waals surface area (Å²) in [5, 5.41) is 3.02. The number of nitrogen functional groups attached to an aromatic ring is 1. The molecule has 0 spiro atoms. The maximum Gasteiger partial charge on any atom is 0.223 e. The predicted octanol–water partition coefficient (Wildman–Crippen LogP) is 1.72. The molecule has 0 aliphatic heterocycles. The Labute approximate surface area is 119 Å². The third-order valence-corrected chi connectivity index (χ3v) is 3.56. The van der Waals surface area contributed by atoms with Crippen molar-refractivity contribution in [2.24, 2.45) is 0 Å². The number of hydrogen-bond acceptors (Lipinski definition) is 4. The summed E-state index contributed by atoms with van der Waals surface area (Å²) in [5.74, 6) is 0.759. The van der Waals surface area contributed by atoms with Crippen LogP contribution in [-0.4, -0.2) is 31.8 Å². The van der Waals surface area contributed by atoms with Crippen LogP contribution in [0.4, 0.5) is 5.69 Å². The highest BCUT2D eigenvalue weighted by atomic mass is 16.5. The highest BCUT2D eigenvalue weighted by molar-refractivity contribution is 5.76. The van der Waals surface area contributed by atoms with Gasteiger partial charge in [-0.1, -0.05) is 0 Å². The van der Waals surface area contributed by atoms with Crippen LogP contribution in [0.1, 0.15) is 25.7 Å². The molecule has 3 N–H and O–H groups in total. The zero-order chi connectivity index (χ0) is 14.4. The largest absolute Gasteiger partial charge is 0.493 e. The van der Waals surface area contributed by atoms with Crippen molar-refractivity contribution < 1.29 is 14.3 Å². The molecule has 2 unspecified atom stereocenters. The molecule has 0 saturated heterocycles. The van der Waals surface area contributed by atoms with Gasteiger partial charge in [0, 0.05) is 18.8 Å². The maximum atomic E-state index is 11.8. The number of rotatable bonds is 6. The van der Waals surface area contributed by atoms with Gasteiger partial charge in [0.15, 0.2) is 0 Å². The zero-order valence-electron chi connectivity index (χ0n) is 11.8. The summed E-state index contributed by atoms with van der Waals surface area (Å²) in [4.78, 5) is 11.8. The Morgan fingerprint density at radius 2 is 2.10 bits per heavy atom. The number of carbonyl (C=O) groups is 1. The first-order valence-corrected chi connectivity index (χ1v) is 6.98. The summed E-state index contributed by atoms with van der Waals surface area (Å²) in [6.07, 6.45) is 3.55. The van der Waals surface area contributed by atoms with Crippen LogP contribution in [0.15, 0.2) is 24.3 Å². The summed E-state index contributed by atoms with van der Waals surface area (Å²) in [7, 11) is 1.72. The average molecular weight is 278 g/mol. The first-order chi connectivity index (χ1) is 9.67. The smallest absolute Gasteiger partial charge is 0.223 e. The minimum absolute atomic E-state index is 0.0298. The molecule has 1 aliphatic carbocycles. The second kappa shape index (κ2) is 7.14. The summed E-state index contributed by atoms with van der Waals surface area (Å²) >= 11 is 0.